The van der Waals surface area contributed by atoms with Gasteiger partial charge in [0.1, 0.15) is 6.04 Å². The molecule has 2 heterocycles. The number of hydrogen-bond acceptors (Lipinski definition) is 5. The van der Waals surface area contributed by atoms with Gasteiger partial charge in [0.15, 0.2) is 0 Å². The number of likely N-dealkylation sites (N-methyl/N-ethyl adjacent to an activating group) is 1. The quantitative estimate of drug-likeness (QED) is 0.746. The largest absolute Gasteiger partial charge is 0.376 e. The number of hydrogen-bond donors (Lipinski definition) is 2. The standard InChI is InChI=1S/C17H20N4O4/c1-20(2)15(23)8-18-11-4-3-10-9-21(17(25)12(10)7-11)13-5-6-14(22)19-16(13)24/h3-4,7,13,18H,5-6,8-9H2,1-2H3,(H,19,22,24). The third kappa shape index (κ3) is 3.33. The lowest BCUT2D eigenvalue weighted by Crippen LogP contribution is -2.52. The third-order valence-electron chi connectivity index (χ3n) is 4.47. The molecule has 1 aromatic rings. The highest BCUT2D eigenvalue weighted by Gasteiger charge is 2.39. The molecule has 2 aliphatic heterocycles. The van der Waals surface area contributed by atoms with Gasteiger partial charge in [-0.05, 0) is 24.1 Å². The van der Waals surface area contributed by atoms with Gasteiger partial charge in [-0.2, -0.15) is 0 Å². The second-order valence-electron chi connectivity index (χ2n) is 6.41. The highest BCUT2D eigenvalue weighted by Crippen LogP contribution is 2.29. The number of anilines is 1. The lowest BCUT2D eigenvalue weighted by atomic mass is 10.0. The first-order chi connectivity index (χ1) is 11.9. The molecular formula is C17H20N4O4. The van der Waals surface area contributed by atoms with Gasteiger partial charge in [-0.3, -0.25) is 24.5 Å². The Balaban J connectivity index is 1.72. The number of carbonyl (C=O) groups is 4. The molecule has 0 aromatic heterocycles. The second kappa shape index (κ2) is 6.54. The normalized spacial score (nSPS) is 19.5. The Kier molecular flexibility index (Phi) is 4.43. The molecule has 0 radical (unpaired) electrons. The summed E-state index contributed by atoms with van der Waals surface area (Å²) >= 11 is 0. The van der Waals surface area contributed by atoms with E-state index in [0.717, 1.165) is 5.56 Å². The van der Waals surface area contributed by atoms with E-state index in [-0.39, 0.29) is 30.7 Å². The minimum Gasteiger partial charge on any atom is -0.376 e. The zero-order chi connectivity index (χ0) is 18.1. The summed E-state index contributed by atoms with van der Waals surface area (Å²) in [4.78, 5) is 50.6. The predicted octanol–water partition coefficient (Wildman–Crippen LogP) is -0.0523. The van der Waals surface area contributed by atoms with E-state index in [1.807, 2.05) is 12.1 Å². The maximum absolute atomic E-state index is 12.7. The first-order valence-electron chi connectivity index (χ1n) is 8.08. The van der Waals surface area contributed by atoms with Gasteiger partial charge >= 0.3 is 0 Å². The maximum atomic E-state index is 12.7. The molecule has 1 unspecified atom stereocenters. The van der Waals surface area contributed by atoms with Crippen molar-refractivity contribution in [3.05, 3.63) is 29.3 Å². The number of imide groups is 1. The summed E-state index contributed by atoms with van der Waals surface area (Å²) in [6.45, 7) is 0.480. The fourth-order valence-electron chi connectivity index (χ4n) is 3.00. The smallest absolute Gasteiger partial charge is 0.255 e. The molecule has 0 spiro atoms. The lowest BCUT2D eigenvalue weighted by molar-refractivity contribution is -0.137. The molecule has 25 heavy (non-hydrogen) atoms. The average molecular weight is 344 g/mol. The van der Waals surface area contributed by atoms with Crippen molar-refractivity contribution in [1.82, 2.24) is 15.1 Å². The van der Waals surface area contributed by atoms with E-state index in [1.54, 1.807) is 20.2 Å². The van der Waals surface area contributed by atoms with E-state index >= 15 is 0 Å². The predicted molar refractivity (Wildman–Crippen MR) is 89.7 cm³/mol. The van der Waals surface area contributed by atoms with E-state index in [4.69, 9.17) is 0 Å². The van der Waals surface area contributed by atoms with Gasteiger partial charge < -0.3 is 15.1 Å². The first kappa shape index (κ1) is 16.9. The van der Waals surface area contributed by atoms with Gasteiger partial charge in [0, 0.05) is 38.3 Å². The van der Waals surface area contributed by atoms with Crippen LogP contribution in [0.3, 0.4) is 0 Å². The average Bonchev–Trinajstić information content (AvgIpc) is 2.89. The lowest BCUT2D eigenvalue weighted by Gasteiger charge is -2.29. The van der Waals surface area contributed by atoms with E-state index in [1.165, 1.54) is 9.80 Å². The van der Waals surface area contributed by atoms with Crippen molar-refractivity contribution >= 4 is 29.3 Å². The van der Waals surface area contributed by atoms with Crippen LogP contribution in [0.4, 0.5) is 5.69 Å². The Morgan fingerprint density at radius 1 is 1.32 bits per heavy atom. The van der Waals surface area contributed by atoms with Gasteiger partial charge in [0.2, 0.25) is 17.7 Å². The SMILES string of the molecule is CN(C)C(=O)CNc1ccc2c(c1)C(=O)N(C1CCC(=O)NC1=O)C2. The molecule has 1 fully saturated rings. The van der Waals surface area contributed by atoms with Crippen LogP contribution in [0.1, 0.15) is 28.8 Å². The fourth-order valence-corrected chi connectivity index (χ4v) is 3.00. The molecule has 0 saturated carbocycles. The van der Waals surface area contributed by atoms with Crippen molar-refractivity contribution in [2.24, 2.45) is 0 Å². The number of rotatable bonds is 4. The summed E-state index contributed by atoms with van der Waals surface area (Å²) in [5.74, 6) is -1.03. The summed E-state index contributed by atoms with van der Waals surface area (Å²) in [5, 5.41) is 5.28. The molecule has 4 amide bonds. The number of nitrogens with one attached hydrogen (secondary N) is 2. The Morgan fingerprint density at radius 2 is 2.08 bits per heavy atom. The summed E-state index contributed by atoms with van der Waals surface area (Å²) < 4.78 is 0. The molecule has 1 saturated heterocycles. The number of amides is 4. The molecule has 1 atom stereocenters. The van der Waals surface area contributed by atoms with Crippen molar-refractivity contribution in [3.63, 3.8) is 0 Å². The Bertz CT molecular complexity index is 759. The molecule has 3 rings (SSSR count). The molecule has 0 bridgehead atoms. The van der Waals surface area contributed by atoms with Crippen molar-refractivity contribution in [1.29, 1.82) is 0 Å². The van der Waals surface area contributed by atoms with Crippen LogP contribution in [0.15, 0.2) is 18.2 Å². The highest BCUT2D eigenvalue weighted by atomic mass is 16.2. The Morgan fingerprint density at radius 3 is 2.76 bits per heavy atom. The van der Waals surface area contributed by atoms with E-state index < -0.39 is 11.9 Å². The molecule has 8 nitrogen and oxygen atoms in total. The monoisotopic (exact) mass is 344 g/mol. The van der Waals surface area contributed by atoms with Crippen LogP contribution >= 0.6 is 0 Å². The summed E-state index contributed by atoms with van der Waals surface area (Å²) in [5.41, 5.74) is 2.03. The zero-order valence-corrected chi connectivity index (χ0v) is 14.2. The van der Waals surface area contributed by atoms with Gasteiger partial charge in [0.05, 0.1) is 6.54 Å². The fraction of sp³-hybridized carbons (Fsp3) is 0.412. The molecule has 0 aliphatic carbocycles. The van der Waals surface area contributed by atoms with Gasteiger partial charge in [-0.25, -0.2) is 0 Å². The summed E-state index contributed by atoms with van der Waals surface area (Å²) in [6.07, 6.45) is 0.572. The minimum absolute atomic E-state index is 0.0722. The van der Waals surface area contributed by atoms with Crippen molar-refractivity contribution < 1.29 is 19.2 Å². The molecule has 1 aromatic carbocycles. The molecule has 8 heteroatoms. The summed E-state index contributed by atoms with van der Waals surface area (Å²) in [6, 6.07) is 4.71. The Hall–Kier alpha value is -2.90. The summed E-state index contributed by atoms with van der Waals surface area (Å²) in [7, 11) is 3.35. The van der Waals surface area contributed by atoms with Crippen LogP contribution in [0.5, 0.6) is 0 Å². The van der Waals surface area contributed by atoms with Crippen LogP contribution in [-0.4, -0.2) is 60.1 Å². The van der Waals surface area contributed by atoms with Crippen LogP contribution in [0, 0.1) is 0 Å². The van der Waals surface area contributed by atoms with E-state index in [9.17, 15) is 19.2 Å². The topological polar surface area (TPSA) is 98.8 Å². The Labute approximate surface area is 145 Å². The number of fused-ring (bicyclic) bond motifs is 1. The highest BCUT2D eigenvalue weighted by molar-refractivity contribution is 6.05. The van der Waals surface area contributed by atoms with E-state index in [0.29, 0.717) is 24.2 Å². The first-order valence-corrected chi connectivity index (χ1v) is 8.08. The third-order valence-corrected chi connectivity index (χ3v) is 4.47. The van der Waals surface area contributed by atoms with Crippen molar-refractivity contribution in [2.45, 2.75) is 25.4 Å². The zero-order valence-electron chi connectivity index (χ0n) is 14.2. The second-order valence-corrected chi connectivity index (χ2v) is 6.41. The molecule has 132 valence electrons. The molecular weight excluding hydrogens is 324 g/mol. The van der Waals surface area contributed by atoms with Gasteiger partial charge in [-0.1, -0.05) is 6.07 Å². The van der Waals surface area contributed by atoms with E-state index in [2.05, 4.69) is 10.6 Å². The van der Waals surface area contributed by atoms with Crippen LogP contribution in [-0.2, 0) is 20.9 Å². The number of piperidine rings is 1. The van der Waals surface area contributed by atoms with Crippen molar-refractivity contribution in [3.8, 4) is 0 Å². The molecule has 2 N–H and O–H groups in total. The van der Waals surface area contributed by atoms with Gasteiger partial charge in [0.25, 0.3) is 5.91 Å². The minimum atomic E-state index is -0.621. The maximum Gasteiger partial charge on any atom is 0.255 e. The number of carbonyl (C=O) groups excluding carboxylic acids is 4. The number of benzene rings is 1. The van der Waals surface area contributed by atoms with Crippen molar-refractivity contribution in [2.75, 3.05) is 26.0 Å². The molecule has 2 aliphatic rings. The number of nitrogens with zero attached hydrogens (tertiary/aromatic N) is 2. The van der Waals surface area contributed by atoms with Crippen LogP contribution in [0.2, 0.25) is 0 Å². The van der Waals surface area contributed by atoms with Crippen LogP contribution in [0.25, 0.3) is 0 Å². The van der Waals surface area contributed by atoms with Crippen LogP contribution < -0.4 is 10.6 Å². The van der Waals surface area contributed by atoms with Gasteiger partial charge in [-0.15, -0.1) is 0 Å².